The zero-order valence-corrected chi connectivity index (χ0v) is 15.8. The van der Waals surface area contributed by atoms with Gasteiger partial charge >= 0.3 is 0 Å². The molecule has 7 heteroatoms. The number of hydrogen-bond acceptors (Lipinski definition) is 4. The molecule has 2 rings (SSSR count). The Kier molecular flexibility index (Phi) is 9.97. The van der Waals surface area contributed by atoms with Crippen molar-refractivity contribution in [3.63, 3.8) is 0 Å². The predicted molar refractivity (Wildman–Crippen MR) is 103 cm³/mol. The second kappa shape index (κ2) is 11.5. The Hall–Kier alpha value is -1.06. The molecule has 1 saturated heterocycles. The maximum Gasteiger partial charge on any atom is 0.193 e. The van der Waals surface area contributed by atoms with E-state index in [0.29, 0.717) is 25.7 Å². The molecule has 1 fully saturated rings. The molecule has 1 atom stereocenters. The molecule has 23 heavy (non-hydrogen) atoms. The number of aliphatic imine (C=N–C) groups is 1. The van der Waals surface area contributed by atoms with E-state index in [1.165, 1.54) is 0 Å². The molecule has 1 aromatic carbocycles. The number of rotatable bonds is 8. The van der Waals surface area contributed by atoms with Crippen LogP contribution in [-0.2, 0) is 9.47 Å². The Morgan fingerprint density at radius 2 is 2.17 bits per heavy atom. The molecule has 1 unspecified atom stereocenters. The number of anilines is 1. The van der Waals surface area contributed by atoms with Crippen molar-refractivity contribution >= 4 is 35.6 Å². The molecule has 1 heterocycles. The highest BCUT2D eigenvalue weighted by Gasteiger charge is 2.14. The minimum absolute atomic E-state index is 0. The van der Waals surface area contributed by atoms with Gasteiger partial charge in [-0.05, 0) is 43.5 Å². The van der Waals surface area contributed by atoms with Gasteiger partial charge in [-0.2, -0.15) is 0 Å². The maximum absolute atomic E-state index is 5.84. The van der Waals surface area contributed by atoms with Crippen LogP contribution in [0.3, 0.4) is 0 Å². The van der Waals surface area contributed by atoms with Gasteiger partial charge in [0.05, 0.1) is 19.8 Å². The summed E-state index contributed by atoms with van der Waals surface area (Å²) >= 11 is 0. The van der Waals surface area contributed by atoms with Gasteiger partial charge in [-0.25, -0.2) is 0 Å². The van der Waals surface area contributed by atoms with Crippen LogP contribution in [0.25, 0.3) is 0 Å². The van der Waals surface area contributed by atoms with Crippen molar-refractivity contribution in [1.29, 1.82) is 0 Å². The first kappa shape index (κ1) is 20.0. The van der Waals surface area contributed by atoms with Crippen LogP contribution in [0, 0.1) is 0 Å². The SMILES string of the molecule is COc1ccc(NC(N)=NCCCOCC2CCCO2)cc1.I. The van der Waals surface area contributed by atoms with Crippen molar-refractivity contribution < 1.29 is 14.2 Å². The van der Waals surface area contributed by atoms with Gasteiger partial charge in [0.2, 0.25) is 0 Å². The van der Waals surface area contributed by atoms with E-state index in [9.17, 15) is 0 Å². The number of hydrogen-bond donors (Lipinski definition) is 2. The van der Waals surface area contributed by atoms with E-state index >= 15 is 0 Å². The van der Waals surface area contributed by atoms with Gasteiger partial charge in [-0.15, -0.1) is 24.0 Å². The summed E-state index contributed by atoms with van der Waals surface area (Å²) in [5, 5.41) is 3.04. The molecule has 0 radical (unpaired) electrons. The molecule has 3 N–H and O–H groups in total. The third-order valence-electron chi connectivity index (χ3n) is 3.42. The zero-order valence-electron chi connectivity index (χ0n) is 13.5. The standard InChI is InChI=1S/C16H25N3O3.HI/c1-20-14-7-5-13(6-8-14)19-16(17)18-9-3-10-21-12-15-4-2-11-22-15;/h5-8,15H,2-4,9-12H2,1H3,(H3,17,18,19);1H. The van der Waals surface area contributed by atoms with Gasteiger partial charge in [0.15, 0.2) is 5.96 Å². The Labute approximate surface area is 154 Å². The van der Waals surface area contributed by atoms with Crippen LogP contribution in [0.2, 0.25) is 0 Å². The molecule has 1 aliphatic rings. The van der Waals surface area contributed by atoms with E-state index in [0.717, 1.165) is 37.3 Å². The van der Waals surface area contributed by atoms with Crippen LogP contribution in [-0.4, -0.2) is 45.5 Å². The third-order valence-corrected chi connectivity index (χ3v) is 3.42. The van der Waals surface area contributed by atoms with Gasteiger partial charge in [0.25, 0.3) is 0 Å². The van der Waals surface area contributed by atoms with Gasteiger partial charge in [-0.3, -0.25) is 4.99 Å². The summed E-state index contributed by atoms with van der Waals surface area (Å²) in [7, 11) is 1.64. The van der Waals surface area contributed by atoms with Crippen LogP contribution >= 0.6 is 24.0 Å². The number of guanidine groups is 1. The van der Waals surface area contributed by atoms with Crippen molar-refractivity contribution in [2.24, 2.45) is 10.7 Å². The molecule has 1 aromatic rings. The van der Waals surface area contributed by atoms with Crippen LogP contribution in [0.4, 0.5) is 5.69 Å². The van der Waals surface area contributed by atoms with E-state index in [1.54, 1.807) is 7.11 Å². The topological polar surface area (TPSA) is 78.1 Å². The van der Waals surface area contributed by atoms with Crippen molar-refractivity contribution in [3.8, 4) is 5.75 Å². The fourth-order valence-electron chi connectivity index (χ4n) is 2.22. The van der Waals surface area contributed by atoms with Crippen molar-refractivity contribution in [2.75, 3.05) is 38.8 Å². The van der Waals surface area contributed by atoms with Gasteiger partial charge in [-0.1, -0.05) is 0 Å². The first-order chi connectivity index (χ1) is 10.8. The summed E-state index contributed by atoms with van der Waals surface area (Å²) in [6, 6.07) is 7.53. The summed E-state index contributed by atoms with van der Waals surface area (Å²) < 4.78 is 16.2. The minimum atomic E-state index is 0. The lowest BCUT2D eigenvalue weighted by Crippen LogP contribution is -2.23. The number of nitrogens with one attached hydrogen (secondary N) is 1. The lowest BCUT2D eigenvalue weighted by atomic mass is 10.2. The van der Waals surface area contributed by atoms with Crippen LogP contribution in [0.5, 0.6) is 5.75 Å². The second-order valence-corrected chi connectivity index (χ2v) is 5.18. The van der Waals surface area contributed by atoms with Crippen molar-refractivity contribution in [2.45, 2.75) is 25.4 Å². The van der Waals surface area contributed by atoms with Crippen LogP contribution < -0.4 is 15.8 Å². The van der Waals surface area contributed by atoms with Crippen molar-refractivity contribution in [3.05, 3.63) is 24.3 Å². The molecule has 0 saturated carbocycles. The van der Waals surface area contributed by atoms with Gasteiger partial charge < -0.3 is 25.3 Å². The summed E-state index contributed by atoms with van der Waals surface area (Å²) in [5.41, 5.74) is 6.72. The van der Waals surface area contributed by atoms with Crippen LogP contribution in [0.1, 0.15) is 19.3 Å². The molecular weight excluding hydrogens is 409 g/mol. The van der Waals surface area contributed by atoms with E-state index < -0.39 is 0 Å². The molecule has 6 nitrogen and oxygen atoms in total. The Morgan fingerprint density at radius 1 is 1.39 bits per heavy atom. The van der Waals surface area contributed by atoms with Gasteiger partial charge in [0.1, 0.15) is 5.75 Å². The number of nitrogens with two attached hydrogens (primary N) is 1. The quantitative estimate of drug-likeness (QED) is 0.284. The molecular formula is C16H26IN3O3. The summed E-state index contributed by atoms with van der Waals surface area (Å²) in [4.78, 5) is 4.27. The Balaban J connectivity index is 0.00000264. The minimum Gasteiger partial charge on any atom is -0.497 e. The number of methoxy groups -OCH3 is 1. The zero-order chi connectivity index (χ0) is 15.6. The lowest BCUT2D eigenvalue weighted by Gasteiger charge is -2.09. The summed E-state index contributed by atoms with van der Waals surface area (Å²) in [6.45, 7) is 2.87. The summed E-state index contributed by atoms with van der Waals surface area (Å²) in [5.74, 6) is 1.22. The molecule has 0 bridgehead atoms. The van der Waals surface area contributed by atoms with E-state index in [-0.39, 0.29) is 30.1 Å². The van der Waals surface area contributed by atoms with E-state index in [2.05, 4.69) is 10.3 Å². The van der Waals surface area contributed by atoms with Crippen molar-refractivity contribution in [1.82, 2.24) is 0 Å². The fraction of sp³-hybridized carbons (Fsp3) is 0.562. The normalized spacial score (nSPS) is 17.6. The molecule has 1 aliphatic heterocycles. The molecule has 0 aromatic heterocycles. The fourth-order valence-corrected chi connectivity index (χ4v) is 2.22. The first-order valence-electron chi connectivity index (χ1n) is 7.68. The van der Waals surface area contributed by atoms with E-state index in [4.69, 9.17) is 19.9 Å². The highest BCUT2D eigenvalue weighted by atomic mass is 127. The first-order valence-corrected chi connectivity index (χ1v) is 7.68. The number of halogens is 1. The average Bonchev–Trinajstić information content (AvgIpc) is 3.05. The number of ether oxygens (including phenoxy) is 3. The predicted octanol–water partition coefficient (Wildman–Crippen LogP) is 2.63. The lowest BCUT2D eigenvalue weighted by molar-refractivity contribution is 0.0171. The molecule has 130 valence electrons. The maximum atomic E-state index is 5.84. The highest BCUT2D eigenvalue weighted by Crippen LogP contribution is 2.14. The summed E-state index contributed by atoms with van der Waals surface area (Å²) in [6.07, 6.45) is 3.38. The Bertz CT molecular complexity index is 462. The van der Waals surface area contributed by atoms with Crippen LogP contribution in [0.15, 0.2) is 29.3 Å². The third kappa shape index (κ3) is 7.85. The molecule has 0 aliphatic carbocycles. The monoisotopic (exact) mass is 435 g/mol. The Morgan fingerprint density at radius 3 is 2.83 bits per heavy atom. The number of benzene rings is 1. The highest BCUT2D eigenvalue weighted by molar-refractivity contribution is 14.0. The smallest absolute Gasteiger partial charge is 0.193 e. The number of nitrogens with zero attached hydrogens (tertiary/aromatic N) is 1. The molecule has 0 amide bonds. The average molecular weight is 435 g/mol. The van der Waals surface area contributed by atoms with Gasteiger partial charge in [0, 0.05) is 25.4 Å². The largest absolute Gasteiger partial charge is 0.497 e. The molecule has 0 spiro atoms. The second-order valence-electron chi connectivity index (χ2n) is 5.18. The van der Waals surface area contributed by atoms with E-state index in [1.807, 2.05) is 24.3 Å².